The van der Waals surface area contributed by atoms with Crippen LogP contribution in [-0.4, -0.2) is 10.9 Å². The standard InChI is InChI=1S/C19H17F3N2O/c1-11-5-3-7-14-10-16(24-17(11)14)18(25)23-12(2)13-6-4-8-15(9-13)19(20,21)22/h3-10,12,24H,1-2H3,(H,23,25). The molecule has 2 N–H and O–H groups in total. The van der Waals surface area contributed by atoms with Crippen LogP contribution >= 0.6 is 0 Å². The molecule has 6 heteroatoms. The monoisotopic (exact) mass is 346 g/mol. The van der Waals surface area contributed by atoms with E-state index in [4.69, 9.17) is 0 Å². The molecule has 0 aliphatic carbocycles. The number of carbonyl (C=O) groups is 1. The normalized spacial score (nSPS) is 13.0. The van der Waals surface area contributed by atoms with Crippen molar-refractivity contribution in [3.63, 3.8) is 0 Å². The first-order valence-corrected chi connectivity index (χ1v) is 7.82. The highest BCUT2D eigenvalue weighted by atomic mass is 19.4. The number of aromatic amines is 1. The Balaban J connectivity index is 1.81. The van der Waals surface area contributed by atoms with Gasteiger partial charge in [-0.05, 0) is 43.2 Å². The maximum absolute atomic E-state index is 12.8. The van der Waals surface area contributed by atoms with E-state index in [1.807, 2.05) is 25.1 Å². The van der Waals surface area contributed by atoms with Gasteiger partial charge >= 0.3 is 6.18 Å². The molecule has 2 aromatic carbocycles. The lowest BCUT2D eigenvalue weighted by Gasteiger charge is -2.15. The highest BCUT2D eigenvalue weighted by Gasteiger charge is 2.30. The third-order valence-corrected chi connectivity index (χ3v) is 4.17. The number of hydrogen-bond donors (Lipinski definition) is 2. The molecule has 130 valence electrons. The van der Waals surface area contributed by atoms with Crippen molar-refractivity contribution in [3.8, 4) is 0 Å². The van der Waals surface area contributed by atoms with Gasteiger partial charge in [0.15, 0.2) is 0 Å². The van der Waals surface area contributed by atoms with Crippen LogP contribution in [-0.2, 0) is 6.18 Å². The lowest BCUT2D eigenvalue weighted by Crippen LogP contribution is -2.27. The second-order valence-electron chi connectivity index (χ2n) is 6.04. The fourth-order valence-electron chi connectivity index (χ4n) is 2.77. The van der Waals surface area contributed by atoms with E-state index in [-0.39, 0.29) is 5.91 Å². The van der Waals surface area contributed by atoms with Crippen LogP contribution < -0.4 is 5.32 Å². The maximum atomic E-state index is 12.8. The predicted octanol–water partition coefficient (Wildman–Crippen LogP) is 4.99. The summed E-state index contributed by atoms with van der Waals surface area (Å²) >= 11 is 0. The van der Waals surface area contributed by atoms with Gasteiger partial charge < -0.3 is 10.3 Å². The highest BCUT2D eigenvalue weighted by molar-refractivity contribution is 5.98. The molecule has 0 bridgehead atoms. The van der Waals surface area contributed by atoms with E-state index < -0.39 is 17.8 Å². The van der Waals surface area contributed by atoms with Crippen LogP contribution in [0.1, 0.15) is 40.1 Å². The molecule has 3 rings (SSSR count). The van der Waals surface area contributed by atoms with Gasteiger partial charge in [0.1, 0.15) is 5.69 Å². The van der Waals surface area contributed by atoms with Gasteiger partial charge in [-0.25, -0.2) is 0 Å². The van der Waals surface area contributed by atoms with E-state index in [0.29, 0.717) is 11.3 Å². The van der Waals surface area contributed by atoms with Gasteiger partial charge in [-0.15, -0.1) is 0 Å². The van der Waals surface area contributed by atoms with Crippen molar-refractivity contribution in [1.82, 2.24) is 10.3 Å². The van der Waals surface area contributed by atoms with Crippen LogP contribution in [0.4, 0.5) is 13.2 Å². The topological polar surface area (TPSA) is 44.9 Å². The second-order valence-corrected chi connectivity index (χ2v) is 6.04. The number of para-hydroxylation sites is 1. The molecule has 1 heterocycles. The zero-order valence-corrected chi connectivity index (χ0v) is 13.7. The summed E-state index contributed by atoms with van der Waals surface area (Å²) in [5.74, 6) is -0.361. The number of aryl methyl sites for hydroxylation is 1. The zero-order chi connectivity index (χ0) is 18.2. The van der Waals surface area contributed by atoms with Gasteiger partial charge in [0, 0.05) is 10.9 Å². The molecular weight excluding hydrogens is 329 g/mol. The van der Waals surface area contributed by atoms with Gasteiger partial charge in [-0.1, -0.05) is 30.3 Å². The van der Waals surface area contributed by atoms with E-state index in [0.717, 1.165) is 28.6 Å². The second kappa shape index (κ2) is 6.27. The smallest absolute Gasteiger partial charge is 0.350 e. The van der Waals surface area contributed by atoms with Gasteiger partial charge in [0.05, 0.1) is 11.6 Å². The van der Waals surface area contributed by atoms with Crippen molar-refractivity contribution < 1.29 is 18.0 Å². The van der Waals surface area contributed by atoms with Crippen LogP contribution in [0.25, 0.3) is 10.9 Å². The molecule has 1 atom stereocenters. The molecule has 3 nitrogen and oxygen atoms in total. The summed E-state index contributed by atoms with van der Waals surface area (Å²) in [6, 6.07) is 11.9. The summed E-state index contributed by atoms with van der Waals surface area (Å²) in [5.41, 5.74) is 1.94. The first kappa shape index (κ1) is 17.1. The first-order chi connectivity index (χ1) is 11.8. The molecule has 1 unspecified atom stereocenters. The van der Waals surface area contributed by atoms with E-state index in [9.17, 15) is 18.0 Å². The van der Waals surface area contributed by atoms with Crippen molar-refractivity contribution in [2.45, 2.75) is 26.1 Å². The minimum atomic E-state index is -4.41. The molecule has 3 aromatic rings. The number of nitrogens with one attached hydrogen (secondary N) is 2. The lowest BCUT2D eigenvalue weighted by molar-refractivity contribution is -0.137. The number of rotatable bonds is 3. The average Bonchev–Trinajstić information content (AvgIpc) is 3.00. The molecule has 0 radical (unpaired) electrons. The van der Waals surface area contributed by atoms with E-state index in [2.05, 4.69) is 10.3 Å². The minimum Gasteiger partial charge on any atom is -0.350 e. The number of H-pyrrole nitrogens is 1. The summed E-state index contributed by atoms with van der Waals surface area (Å²) in [6.07, 6.45) is -4.41. The molecule has 1 amide bonds. The number of benzene rings is 2. The van der Waals surface area contributed by atoms with Crippen molar-refractivity contribution >= 4 is 16.8 Å². The SMILES string of the molecule is Cc1cccc2cc(C(=O)NC(C)c3cccc(C(F)(F)F)c3)[nH]c12. The Kier molecular flexibility index (Phi) is 4.29. The summed E-state index contributed by atoms with van der Waals surface area (Å²) in [6.45, 7) is 3.59. The van der Waals surface area contributed by atoms with Gasteiger partial charge in [0.2, 0.25) is 0 Å². The molecule has 0 aliphatic heterocycles. The van der Waals surface area contributed by atoms with Crippen LogP contribution in [0.3, 0.4) is 0 Å². The number of alkyl halides is 3. The quantitative estimate of drug-likeness (QED) is 0.690. The lowest BCUT2D eigenvalue weighted by atomic mass is 10.0. The Morgan fingerprint density at radius 1 is 1.12 bits per heavy atom. The van der Waals surface area contributed by atoms with Gasteiger partial charge in [-0.3, -0.25) is 4.79 Å². The van der Waals surface area contributed by atoms with E-state index in [1.54, 1.807) is 19.1 Å². The number of hydrogen-bond acceptors (Lipinski definition) is 1. The third-order valence-electron chi connectivity index (χ3n) is 4.17. The molecule has 25 heavy (non-hydrogen) atoms. The van der Waals surface area contributed by atoms with Crippen molar-refractivity contribution in [3.05, 3.63) is 70.9 Å². The Morgan fingerprint density at radius 2 is 1.84 bits per heavy atom. The summed E-state index contributed by atoms with van der Waals surface area (Å²) in [5, 5.41) is 3.65. The molecule has 0 aliphatic rings. The largest absolute Gasteiger partial charge is 0.416 e. The van der Waals surface area contributed by atoms with Crippen molar-refractivity contribution in [2.24, 2.45) is 0 Å². The summed E-state index contributed by atoms with van der Waals surface area (Å²) in [7, 11) is 0. The number of aromatic nitrogens is 1. The maximum Gasteiger partial charge on any atom is 0.416 e. The van der Waals surface area contributed by atoms with Crippen molar-refractivity contribution in [2.75, 3.05) is 0 Å². The molecule has 0 spiro atoms. The summed E-state index contributed by atoms with van der Waals surface area (Å²) < 4.78 is 38.5. The molecular formula is C19H17F3N2O. The predicted molar refractivity (Wildman–Crippen MR) is 90.4 cm³/mol. The van der Waals surface area contributed by atoms with Crippen LogP contribution in [0.2, 0.25) is 0 Å². The van der Waals surface area contributed by atoms with Crippen molar-refractivity contribution in [1.29, 1.82) is 0 Å². The van der Waals surface area contributed by atoms with Crippen LogP contribution in [0.15, 0.2) is 48.5 Å². The van der Waals surface area contributed by atoms with Gasteiger partial charge in [0.25, 0.3) is 5.91 Å². The molecule has 1 aromatic heterocycles. The third kappa shape index (κ3) is 3.52. The minimum absolute atomic E-state index is 0.361. The summed E-state index contributed by atoms with van der Waals surface area (Å²) in [4.78, 5) is 15.5. The Labute approximate surface area is 142 Å². The highest BCUT2D eigenvalue weighted by Crippen LogP contribution is 2.30. The zero-order valence-electron chi connectivity index (χ0n) is 13.7. The molecule has 0 fully saturated rings. The number of amides is 1. The van der Waals surface area contributed by atoms with Crippen LogP contribution in [0, 0.1) is 6.92 Å². The Bertz CT molecular complexity index is 928. The Hall–Kier alpha value is -2.76. The number of halogens is 3. The fraction of sp³-hybridized carbons (Fsp3) is 0.211. The average molecular weight is 346 g/mol. The number of carbonyl (C=O) groups excluding carboxylic acids is 1. The number of fused-ring (bicyclic) bond motifs is 1. The van der Waals surface area contributed by atoms with E-state index >= 15 is 0 Å². The fourth-order valence-corrected chi connectivity index (χ4v) is 2.77. The Morgan fingerprint density at radius 3 is 2.52 bits per heavy atom. The molecule has 0 saturated carbocycles. The first-order valence-electron chi connectivity index (χ1n) is 7.82. The van der Waals surface area contributed by atoms with Gasteiger partial charge in [-0.2, -0.15) is 13.2 Å². The molecule has 0 saturated heterocycles. The van der Waals surface area contributed by atoms with E-state index in [1.165, 1.54) is 6.07 Å². The van der Waals surface area contributed by atoms with Crippen LogP contribution in [0.5, 0.6) is 0 Å².